The first-order valence-corrected chi connectivity index (χ1v) is 10.8. The second kappa shape index (κ2) is 9.27. The average molecular weight is 430 g/mol. The first kappa shape index (κ1) is 21.6. The summed E-state index contributed by atoms with van der Waals surface area (Å²) in [5.41, 5.74) is 3.22. The third kappa shape index (κ3) is 4.11. The molecule has 164 valence electrons. The van der Waals surface area contributed by atoms with E-state index < -0.39 is 5.92 Å². The number of carbonyl (C=O) groups excluding carboxylic acids is 2. The van der Waals surface area contributed by atoms with E-state index in [1.807, 2.05) is 92.9 Å². The van der Waals surface area contributed by atoms with Crippen LogP contribution in [0, 0.1) is 5.92 Å². The van der Waals surface area contributed by atoms with Crippen molar-refractivity contribution in [3.05, 3.63) is 107 Å². The van der Waals surface area contributed by atoms with E-state index in [9.17, 15) is 9.59 Å². The second-order valence-corrected chi connectivity index (χ2v) is 7.95. The van der Waals surface area contributed by atoms with Gasteiger partial charge in [0, 0.05) is 18.7 Å². The van der Waals surface area contributed by atoms with Crippen molar-refractivity contribution in [1.29, 1.82) is 0 Å². The van der Waals surface area contributed by atoms with E-state index in [1.54, 1.807) is 6.92 Å². The van der Waals surface area contributed by atoms with Gasteiger partial charge in [-0.3, -0.25) is 4.79 Å². The van der Waals surface area contributed by atoms with Crippen LogP contribution in [0.2, 0.25) is 0 Å². The highest BCUT2D eigenvalue weighted by Crippen LogP contribution is 2.39. The molecule has 4 rings (SSSR count). The number of fused-ring (bicyclic) bond motifs is 1. The van der Waals surface area contributed by atoms with Gasteiger partial charge < -0.3 is 14.4 Å². The van der Waals surface area contributed by atoms with Crippen LogP contribution in [0.4, 0.5) is 0 Å². The molecule has 2 atom stereocenters. The van der Waals surface area contributed by atoms with Gasteiger partial charge in [0.05, 0.1) is 18.2 Å². The Labute approximate surface area is 188 Å². The molecule has 2 aliphatic rings. The smallest absolute Gasteiger partial charge is 0.336 e. The normalized spacial score (nSPS) is 19.6. The van der Waals surface area contributed by atoms with Crippen molar-refractivity contribution in [2.45, 2.75) is 25.8 Å². The molecule has 32 heavy (non-hydrogen) atoms. The SMILES string of the molecule is CCOC(=O)C1=C(C)N(C)[C@H]2C=CC(OC(=O)C(c3ccccc3)c3ccccc3)=C[C@@H]12. The Bertz CT molecular complexity index is 1050. The summed E-state index contributed by atoms with van der Waals surface area (Å²) in [6.07, 6.45) is 5.64. The Morgan fingerprint density at radius 1 is 1.00 bits per heavy atom. The van der Waals surface area contributed by atoms with Crippen LogP contribution in [-0.4, -0.2) is 36.5 Å². The Balaban J connectivity index is 1.62. The first-order valence-electron chi connectivity index (χ1n) is 10.8. The van der Waals surface area contributed by atoms with Gasteiger partial charge >= 0.3 is 11.9 Å². The number of hydrogen-bond acceptors (Lipinski definition) is 5. The molecule has 5 nitrogen and oxygen atoms in total. The zero-order chi connectivity index (χ0) is 22.7. The molecule has 0 fully saturated rings. The molecule has 0 N–H and O–H groups in total. The summed E-state index contributed by atoms with van der Waals surface area (Å²) in [6, 6.07) is 19.2. The Morgan fingerprint density at radius 2 is 1.59 bits per heavy atom. The topological polar surface area (TPSA) is 55.8 Å². The molecule has 0 saturated carbocycles. The number of benzene rings is 2. The molecule has 0 unspecified atom stereocenters. The average Bonchev–Trinajstić information content (AvgIpc) is 3.05. The van der Waals surface area contributed by atoms with Gasteiger partial charge in [-0.2, -0.15) is 0 Å². The summed E-state index contributed by atoms with van der Waals surface area (Å²) in [5, 5.41) is 0. The van der Waals surface area contributed by atoms with E-state index >= 15 is 0 Å². The number of rotatable bonds is 6. The molecule has 0 amide bonds. The van der Waals surface area contributed by atoms with Gasteiger partial charge in [-0.1, -0.05) is 66.7 Å². The van der Waals surface area contributed by atoms with Crippen molar-refractivity contribution in [1.82, 2.24) is 4.90 Å². The van der Waals surface area contributed by atoms with Crippen LogP contribution in [0.1, 0.15) is 30.9 Å². The maximum Gasteiger partial charge on any atom is 0.336 e. The number of likely N-dealkylation sites (N-methyl/N-ethyl adjacent to an activating group) is 1. The molecule has 5 heteroatoms. The fraction of sp³-hybridized carbons (Fsp3) is 0.259. The van der Waals surface area contributed by atoms with Gasteiger partial charge in [0.1, 0.15) is 11.7 Å². The molecule has 1 heterocycles. The summed E-state index contributed by atoms with van der Waals surface area (Å²) in [7, 11) is 1.95. The van der Waals surface area contributed by atoms with Crippen LogP contribution < -0.4 is 0 Å². The number of nitrogens with zero attached hydrogens (tertiary/aromatic N) is 1. The van der Waals surface area contributed by atoms with Crippen LogP contribution in [-0.2, 0) is 19.1 Å². The Hall–Kier alpha value is -3.60. The van der Waals surface area contributed by atoms with E-state index in [0.717, 1.165) is 16.8 Å². The molecular weight excluding hydrogens is 402 g/mol. The van der Waals surface area contributed by atoms with Gasteiger partial charge in [0.25, 0.3) is 0 Å². The number of carbonyl (C=O) groups is 2. The van der Waals surface area contributed by atoms with Crippen molar-refractivity contribution < 1.29 is 19.1 Å². The fourth-order valence-corrected chi connectivity index (χ4v) is 4.41. The van der Waals surface area contributed by atoms with Gasteiger partial charge in [-0.15, -0.1) is 0 Å². The quantitative estimate of drug-likeness (QED) is 0.629. The largest absolute Gasteiger partial charge is 0.463 e. The van der Waals surface area contributed by atoms with Crippen molar-refractivity contribution in [2.75, 3.05) is 13.7 Å². The molecule has 1 aliphatic carbocycles. The molecule has 0 radical (unpaired) electrons. The van der Waals surface area contributed by atoms with E-state index in [-0.39, 0.29) is 23.9 Å². The molecule has 0 spiro atoms. The number of esters is 2. The predicted molar refractivity (Wildman–Crippen MR) is 122 cm³/mol. The zero-order valence-corrected chi connectivity index (χ0v) is 18.5. The van der Waals surface area contributed by atoms with Crippen LogP contribution in [0.5, 0.6) is 0 Å². The molecule has 1 aliphatic heterocycles. The van der Waals surface area contributed by atoms with E-state index in [0.29, 0.717) is 17.9 Å². The minimum atomic E-state index is -0.544. The van der Waals surface area contributed by atoms with E-state index in [1.165, 1.54) is 0 Å². The lowest BCUT2D eigenvalue weighted by Gasteiger charge is -2.27. The molecule has 0 saturated heterocycles. The highest BCUT2D eigenvalue weighted by molar-refractivity contribution is 5.91. The van der Waals surface area contributed by atoms with Crippen LogP contribution in [0.15, 0.2) is 95.9 Å². The van der Waals surface area contributed by atoms with E-state index in [2.05, 4.69) is 4.90 Å². The maximum absolute atomic E-state index is 13.3. The summed E-state index contributed by atoms with van der Waals surface area (Å²) in [6.45, 7) is 4.02. The van der Waals surface area contributed by atoms with Crippen molar-refractivity contribution in [3.8, 4) is 0 Å². The third-order valence-electron chi connectivity index (χ3n) is 6.08. The lowest BCUT2D eigenvalue weighted by molar-refractivity contribution is -0.140. The van der Waals surface area contributed by atoms with E-state index in [4.69, 9.17) is 9.47 Å². The monoisotopic (exact) mass is 429 g/mol. The van der Waals surface area contributed by atoms with Gasteiger partial charge in [-0.05, 0) is 37.1 Å². The maximum atomic E-state index is 13.3. The summed E-state index contributed by atoms with van der Waals surface area (Å²) in [5.74, 6) is -1.01. The van der Waals surface area contributed by atoms with Gasteiger partial charge in [-0.25, -0.2) is 4.79 Å². The van der Waals surface area contributed by atoms with Crippen molar-refractivity contribution >= 4 is 11.9 Å². The van der Waals surface area contributed by atoms with Crippen LogP contribution in [0.3, 0.4) is 0 Å². The summed E-state index contributed by atoms with van der Waals surface area (Å²) in [4.78, 5) is 28.0. The first-order chi connectivity index (χ1) is 15.5. The van der Waals surface area contributed by atoms with Gasteiger partial charge in [0.2, 0.25) is 0 Å². The molecule has 2 aromatic carbocycles. The molecule has 0 aromatic heterocycles. The lowest BCUT2D eigenvalue weighted by atomic mass is 9.89. The van der Waals surface area contributed by atoms with Crippen molar-refractivity contribution in [2.24, 2.45) is 5.92 Å². The Morgan fingerprint density at radius 3 is 2.16 bits per heavy atom. The third-order valence-corrected chi connectivity index (χ3v) is 6.08. The summed E-state index contributed by atoms with van der Waals surface area (Å²) >= 11 is 0. The van der Waals surface area contributed by atoms with Crippen molar-refractivity contribution in [3.63, 3.8) is 0 Å². The highest BCUT2D eigenvalue weighted by atomic mass is 16.5. The number of allylic oxidation sites excluding steroid dienone is 2. The van der Waals surface area contributed by atoms with Crippen LogP contribution >= 0.6 is 0 Å². The summed E-state index contributed by atoms with van der Waals surface area (Å²) < 4.78 is 11.2. The standard InChI is InChI=1S/C27H27NO4/c1-4-31-26(29)24-18(2)28(3)23-16-15-21(17-22(23)24)32-27(30)25(19-11-7-5-8-12-19)20-13-9-6-10-14-20/h5-17,22-23,25H,4H2,1-3H3/t22-,23+/m1/s1. The van der Waals surface area contributed by atoms with Gasteiger partial charge in [0.15, 0.2) is 0 Å². The van der Waals surface area contributed by atoms with Crippen LogP contribution in [0.25, 0.3) is 0 Å². The number of hydrogen-bond donors (Lipinski definition) is 0. The highest BCUT2D eigenvalue weighted by Gasteiger charge is 2.40. The number of ether oxygens (including phenoxy) is 2. The minimum Gasteiger partial charge on any atom is -0.463 e. The molecular formula is C27H27NO4. The zero-order valence-electron chi connectivity index (χ0n) is 18.5. The molecule has 0 bridgehead atoms. The minimum absolute atomic E-state index is 0.00379. The Kier molecular flexibility index (Phi) is 6.26. The molecule has 2 aromatic rings. The second-order valence-electron chi connectivity index (χ2n) is 7.95. The lowest BCUT2D eigenvalue weighted by Crippen LogP contribution is -2.30. The predicted octanol–water partition coefficient (Wildman–Crippen LogP) is 4.58. The fourth-order valence-electron chi connectivity index (χ4n) is 4.41.